The quantitative estimate of drug-likeness (QED) is 0.490. The maximum Gasteiger partial charge on any atom is 0.216 e. The van der Waals surface area contributed by atoms with Crippen molar-refractivity contribution < 1.29 is 4.79 Å². The summed E-state index contributed by atoms with van der Waals surface area (Å²) in [6.45, 7) is 1.70. The third-order valence-electron chi connectivity index (χ3n) is 3.19. The molecule has 3 rings (SSSR count). The number of nitrogen functional groups attached to an aromatic ring is 1. The summed E-state index contributed by atoms with van der Waals surface area (Å²) in [7, 11) is 0. The Balaban J connectivity index is 1.58. The monoisotopic (exact) mass is 366 g/mol. The third kappa shape index (κ3) is 3.93. The molecule has 0 spiro atoms. The highest BCUT2D eigenvalue weighted by Gasteiger charge is 2.19. The standard InChI is InChI=1S/C15H15ClN4OS2/c16-11-5-4-10(22-11)12(21)13-14(17)19-15(23-13)18-6-3-9-20-7-1-2-8-20/h1-2,4-5,7-8H,3,6,9,17H2,(H,18,19). The highest BCUT2D eigenvalue weighted by molar-refractivity contribution is 7.21. The van der Waals surface area contributed by atoms with E-state index in [0.717, 1.165) is 19.5 Å². The SMILES string of the molecule is Nc1nc(NCCCn2cccc2)sc1C(=O)c1ccc(Cl)s1. The molecule has 120 valence electrons. The molecule has 3 N–H and O–H groups in total. The summed E-state index contributed by atoms with van der Waals surface area (Å²) in [6, 6.07) is 7.42. The van der Waals surface area contributed by atoms with Gasteiger partial charge >= 0.3 is 0 Å². The number of thiazole rings is 1. The first-order chi connectivity index (χ1) is 11.1. The molecule has 3 aromatic heterocycles. The number of nitrogens with zero attached hydrogens (tertiary/aromatic N) is 2. The zero-order valence-corrected chi connectivity index (χ0v) is 14.5. The fraction of sp³-hybridized carbons (Fsp3) is 0.200. The first-order valence-electron chi connectivity index (χ1n) is 7.04. The van der Waals surface area contributed by atoms with Crippen LogP contribution >= 0.6 is 34.3 Å². The minimum atomic E-state index is -0.128. The molecule has 8 heteroatoms. The normalized spacial score (nSPS) is 10.8. The number of rotatable bonds is 7. The summed E-state index contributed by atoms with van der Waals surface area (Å²) in [5.41, 5.74) is 5.87. The van der Waals surface area contributed by atoms with Crippen LogP contribution in [0.1, 0.15) is 21.0 Å². The van der Waals surface area contributed by atoms with E-state index < -0.39 is 0 Å². The Morgan fingerprint density at radius 1 is 1.30 bits per heavy atom. The predicted octanol–water partition coefficient (Wildman–Crippen LogP) is 3.97. The van der Waals surface area contributed by atoms with Crippen molar-refractivity contribution >= 4 is 51.0 Å². The maximum absolute atomic E-state index is 12.4. The summed E-state index contributed by atoms with van der Waals surface area (Å²) in [6.07, 6.45) is 5.02. The van der Waals surface area contributed by atoms with Gasteiger partial charge in [0.15, 0.2) is 5.13 Å². The van der Waals surface area contributed by atoms with Gasteiger partial charge in [-0.05, 0) is 30.7 Å². The van der Waals surface area contributed by atoms with Gasteiger partial charge in [0, 0.05) is 25.5 Å². The Bertz CT molecular complexity index is 794. The molecule has 0 aliphatic carbocycles. The fourth-order valence-corrected chi connectivity index (χ4v) is 4.01. The molecule has 0 unspecified atom stereocenters. The number of nitrogens with two attached hydrogens (primary N) is 1. The molecule has 0 saturated heterocycles. The molecular weight excluding hydrogens is 352 g/mol. The van der Waals surface area contributed by atoms with Gasteiger partial charge in [-0.3, -0.25) is 4.79 Å². The van der Waals surface area contributed by atoms with Crippen LogP contribution in [0.3, 0.4) is 0 Å². The number of carbonyl (C=O) groups is 1. The van der Waals surface area contributed by atoms with Gasteiger partial charge < -0.3 is 15.6 Å². The number of aromatic nitrogens is 2. The molecule has 5 nitrogen and oxygen atoms in total. The highest BCUT2D eigenvalue weighted by atomic mass is 35.5. The molecule has 0 aliphatic heterocycles. The van der Waals surface area contributed by atoms with Crippen LogP contribution in [0.5, 0.6) is 0 Å². The van der Waals surface area contributed by atoms with Crippen molar-refractivity contribution in [3.63, 3.8) is 0 Å². The lowest BCUT2D eigenvalue weighted by Crippen LogP contribution is -2.05. The van der Waals surface area contributed by atoms with Gasteiger partial charge in [0.1, 0.15) is 10.7 Å². The Morgan fingerprint density at radius 3 is 2.78 bits per heavy atom. The van der Waals surface area contributed by atoms with Gasteiger partial charge in [0.2, 0.25) is 5.78 Å². The van der Waals surface area contributed by atoms with E-state index in [1.54, 1.807) is 12.1 Å². The van der Waals surface area contributed by atoms with Gasteiger partial charge in [0.25, 0.3) is 0 Å². The maximum atomic E-state index is 12.4. The first-order valence-corrected chi connectivity index (χ1v) is 9.05. The number of hydrogen-bond acceptors (Lipinski definition) is 6. The molecule has 0 aromatic carbocycles. The second-order valence-corrected chi connectivity index (χ2v) is 7.58. The number of ketones is 1. The number of halogens is 1. The van der Waals surface area contributed by atoms with Crippen LogP contribution in [0.2, 0.25) is 4.34 Å². The molecule has 0 radical (unpaired) electrons. The average Bonchev–Trinajstić information content (AvgIpc) is 3.24. The van der Waals surface area contributed by atoms with E-state index in [0.29, 0.717) is 19.2 Å². The lowest BCUT2D eigenvalue weighted by atomic mass is 10.3. The minimum Gasteiger partial charge on any atom is -0.382 e. The van der Waals surface area contributed by atoms with Gasteiger partial charge in [-0.1, -0.05) is 22.9 Å². The van der Waals surface area contributed by atoms with Crippen LogP contribution in [0.4, 0.5) is 10.9 Å². The van der Waals surface area contributed by atoms with Crippen molar-refractivity contribution in [1.29, 1.82) is 0 Å². The topological polar surface area (TPSA) is 72.9 Å². The van der Waals surface area contributed by atoms with E-state index in [4.69, 9.17) is 17.3 Å². The molecule has 3 heterocycles. The van der Waals surface area contributed by atoms with Crippen LogP contribution in [0.25, 0.3) is 0 Å². The smallest absolute Gasteiger partial charge is 0.216 e. The zero-order chi connectivity index (χ0) is 16.2. The summed E-state index contributed by atoms with van der Waals surface area (Å²) >= 11 is 8.40. The van der Waals surface area contributed by atoms with Gasteiger partial charge in [0.05, 0.1) is 9.21 Å². The van der Waals surface area contributed by atoms with E-state index in [1.165, 1.54) is 22.7 Å². The number of carbonyl (C=O) groups excluding carboxylic acids is 1. The lowest BCUT2D eigenvalue weighted by molar-refractivity contribution is 0.104. The molecule has 0 atom stereocenters. The molecule has 23 heavy (non-hydrogen) atoms. The molecule has 0 aliphatic rings. The van der Waals surface area contributed by atoms with E-state index in [-0.39, 0.29) is 11.6 Å². The van der Waals surface area contributed by atoms with Crippen molar-refractivity contribution in [3.05, 3.63) is 50.7 Å². The Kier molecular flexibility index (Phi) is 5.00. The number of hydrogen-bond donors (Lipinski definition) is 2. The van der Waals surface area contributed by atoms with Crippen LogP contribution in [-0.2, 0) is 6.54 Å². The molecular formula is C15H15ClN4OS2. The third-order valence-corrected chi connectivity index (χ3v) is 5.45. The Hall–Kier alpha value is -1.83. The summed E-state index contributed by atoms with van der Waals surface area (Å²) in [5.74, 6) is 0.134. The minimum absolute atomic E-state index is 0.128. The molecule has 0 bridgehead atoms. The summed E-state index contributed by atoms with van der Waals surface area (Å²) in [5, 5.41) is 3.89. The van der Waals surface area contributed by atoms with Crippen molar-refractivity contribution in [2.45, 2.75) is 13.0 Å². The van der Waals surface area contributed by atoms with Crippen LogP contribution in [0.15, 0.2) is 36.7 Å². The van der Waals surface area contributed by atoms with Crippen molar-refractivity contribution in [2.24, 2.45) is 0 Å². The number of anilines is 2. The van der Waals surface area contributed by atoms with Crippen molar-refractivity contribution in [3.8, 4) is 0 Å². The van der Waals surface area contributed by atoms with Gasteiger partial charge in [-0.15, -0.1) is 11.3 Å². The largest absolute Gasteiger partial charge is 0.382 e. The van der Waals surface area contributed by atoms with E-state index >= 15 is 0 Å². The second-order valence-electron chi connectivity index (χ2n) is 4.87. The van der Waals surface area contributed by atoms with Crippen LogP contribution in [0, 0.1) is 0 Å². The molecule has 0 amide bonds. The molecule has 0 saturated carbocycles. The second kappa shape index (κ2) is 7.16. The molecule has 3 aromatic rings. The van der Waals surface area contributed by atoms with E-state index in [9.17, 15) is 4.79 Å². The fourth-order valence-electron chi connectivity index (χ4n) is 2.09. The number of thiophene rings is 1. The highest BCUT2D eigenvalue weighted by Crippen LogP contribution is 2.30. The summed E-state index contributed by atoms with van der Waals surface area (Å²) in [4.78, 5) is 17.6. The lowest BCUT2D eigenvalue weighted by Gasteiger charge is -2.03. The average molecular weight is 367 g/mol. The number of aryl methyl sites for hydroxylation is 1. The Labute approximate surface area is 146 Å². The Morgan fingerprint density at radius 2 is 2.09 bits per heavy atom. The van der Waals surface area contributed by atoms with Crippen molar-refractivity contribution in [2.75, 3.05) is 17.6 Å². The molecule has 0 fully saturated rings. The van der Waals surface area contributed by atoms with Crippen LogP contribution < -0.4 is 11.1 Å². The van der Waals surface area contributed by atoms with Crippen molar-refractivity contribution in [1.82, 2.24) is 9.55 Å². The first kappa shape index (κ1) is 16.0. The zero-order valence-electron chi connectivity index (χ0n) is 12.2. The van der Waals surface area contributed by atoms with Crippen LogP contribution in [-0.4, -0.2) is 21.9 Å². The van der Waals surface area contributed by atoms with Gasteiger partial charge in [-0.25, -0.2) is 4.98 Å². The van der Waals surface area contributed by atoms with E-state index in [2.05, 4.69) is 14.9 Å². The van der Waals surface area contributed by atoms with Gasteiger partial charge in [-0.2, -0.15) is 0 Å². The summed E-state index contributed by atoms with van der Waals surface area (Å²) < 4.78 is 2.70. The van der Waals surface area contributed by atoms with E-state index in [1.807, 2.05) is 24.5 Å². The predicted molar refractivity (Wildman–Crippen MR) is 96.8 cm³/mol. The number of nitrogens with one attached hydrogen (secondary N) is 1.